The van der Waals surface area contributed by atoms with Gasteiger partial charge in [-0.15, -0.1) is 11.6 Å². The lowest BCUT2D eigenvalue weighted by Gasteiger charge is -2.33. The van der Waals surface area contributed by atoms with E-state index in [1.165, 1.54) is 0 Å². The number of carbonyl (C=O) groups is 1. The van der Waals surface area contributed by atoms with Crippen molar-refractivity contribution in [3.8, 4) is 0 Å². The molecule has 0 saturated carbocycles. The van der Waals surface area contributed by atoms with Crippen LogP contribution in [0.4, 0.5) is 4.79 Å². The quantitative estimate of drug-likeness (QED) is 0.765. The summed E-state index contributed by atoms with van der Waals surface area (Å²) in [4.78, 5) is 26.9. The molecule has 0 radical (unpaired) electrons. The number of imidazole rings is 1. The number of hydrogen-bond acceptors (Lipinski definition) is 3. The van der Waals surface area contributed by atoms with E-state index in [1.807, 2.05) is 49.6 Å². The fourth-order valence-electron chi connectivity index (χ4n) is 3.52. The van der Waals surface area contributed by atoms with Gasteiger partial charge in [-0.2, -0.15) is 0 Å². The first-order valence-corrected chi connectivity index (χ1v) is 9.59. The average molecular weight is 380 g/mol. The second-order valence-electron chi connectivity index (χ2n) is 7.68. The van der Waals surface area contributed by atoms with Crippen LogP contribution in [0.5, 0.6) is 0 Å². The minimum absolute atomic E-state index is 0.0254. The lowest BCUT2D eigenvalue weighted by atomic mass is 10.0. The van der Waals surface area contributed by atoms with E-state index in [-0.39, 0.29) is 17.8 Å². The number of rotatable bonds is 3. The molecule has 1 aliphatic rings. The Balaban J connectivity index is 1.81. The third-order valence-electron chi connectivity index (χ3n) is 4.66. The van der Waals surface area contributed by atoms with Gasteiger partial charge in [0.25, 0.3) is 0 Å². The second kappa shape index (κ2) is 7.35. The number of aromatic nitrogens is 2. The van der Waals surface area contributed by atoms with Gasteiger partial charge in [0.1, 0.15) is 5.60 Å². The molecule has 0 unspecified atom stereocenters. The van der Waals surface area contributed by atoms with E-state index in [0.717, 1.165) is 23.9 Å². The zero-order valence-electron chi connectivity index (χ0n) is 15.6. The van der Waals surface area contributed by atoms with E-state index < -0.39 is 5.60 Å². The lowest BCUT2D eigenvalue weighted by Crippen LogP contribution is -2.43. The number of hydrogen-bond donors (Lipinski definition) is 0. The molecular formula is C19H26ClN3O3. The molecule has 142 valence electrons. The van der Waals surface area contributed by atoms with Crippen molar-refractivity contribution in [1.29, 1.82) is 0 Å². The van der Waals surface area contributed by atoms with Crippen LogP contribution in [0.2, 0.25) is 0 Å². The zero-order chi connectivity index (χ0) is 18.9. The fraction of sp³-hybridized carbons (Fsp3) is 0.579. The van der Waals surface area contributed by atoms with Gasteiger partial charge >= 0.3 is 11.8 Å². The van der Waals surface area contributed by atoms with Gasteiger partial charge in [0.05, 0.1) is 11.0 Å². The Labute approximate surface area is 158 Å². The van der Waals surface area contributed by atoms with Gasteiger partial charge in [0, 0.05) is 31.6 Å². The van der Waals surface area contributed by atoms with Crippen LogP contribution in [0.15, 0.2) is 29.1 Å². The summed E-state index contributed by atoms with van der Waals surface area (Å²) in [6, 6.07) is 7.88. The largest absolute Gasteiger partial charge is 0.444 e. The van der Waals surface area contributed by atoms with Gasteiger partial charge in [0.2, 0.25) is 0 Å². The van der Waals surface area contributed by atoms with Crippen molar-refractivity contribution >= 4 is 28.7 Å². The van der Waals surface area contributed by atoms with Crippen molar-refractivity contribution in [1.82, 2.24) is 14.0 Å². The highest BCUT2D eigenvalue weighted by atomic mass is 35.5. The first-order chi connectivity index (χ1) is 12.3. The van der Waals surface area contributed by atoms with Gasteiger partial charge in [-0.05, 0) is 45.7 Å². The Bertz CT molecular complexity index is 842. The predicted molar refractivity (Wildman–Crippen MR) is 103 cm³/mol. The predicted octanol–water partition coefficient (Wildman–Crippen LogP) is 3.61. The summed E-state index contributed by atoms with van der Waals surface area (Å²) >= 11 is 5.88. The van der Waals surface area contributed by atoms with Crippen LogP contribution < -0.4 is 5.69 Å². The summed E-state index contributed by atoms with van der Waals surface area (Å²) in [5.41, 5.74) is 1.31. The number of benzene rings is 1. The molecule has 1 aromatic heterocycles. The standard InChI is InChI=1S/C19H26ClN3O3/c1-19(2,3)26-18(25)21-11-8-14(9-12-21)23-16-7-5-4-6-15(16)22(13-10-20)17(23)24/h4-7,14H,8-13H2,1-3H3. The Hall–Kier alpha value is -1.95. The third kappa shape index (κ3) is 3.75. The highest BCUT2D eigenvalue weighted by molar-refractivity contribution is 6.17. The summed E-state index contributed by atoms with van der Waals surface area (Å²) in [6.45, 7) is 7.25. The first kappa shape index (κ1) is 18.8. The monoisotopic (exact) mass is 379 g/mol. The normalized spacial score (nSPS) is 16.2. The summed E-state index contributed by atoms with van der Waals surface area (Å²) in [5.74, 6) is 0.394. The Morgan fingerprint density at radius 1 is 1.19 bits per heavy atom. The van der Waals surface area contributed by atoms with Crippen LogP contribution in [-0.4, -0.2) is 44.7 Å². The molecule has 0 spiro atoms. The average Bonchev–Trinajstić information content (AvgIpc) is 2.86. The number of nitrogens with zero attached hydrogens (tertiary/aromatic N) is 3. The molecule has 2 aromatic rings. The van der Waals surface area contributed by atoms with Gasteiger partial charge in [-0.3, -0.25) is 9.13 Å². The van der Waals surface area contributed by atoms with Crippen LogP contribution >= 0.6 is 11.6 Å². The number of likely N-dealkylation sites (tertiary alicyclic amines) is 1. The van der Waals surface area contributed by atoms with Crippen molar-refractivity contribution in [2.75, 3.05) is 19.0 Å². The zero-order valence-corrected chi connectivity index (χ0v) is 16.3. The van der Waals surface area contributed by atoms with Crippen molar-refractivity contribution < 1.29 is 9.53 Å². The SMILES string of the molecule is CC(C)(C)OC(=O)N1CCC(n2c(=O)n(CCCl)c3ccccc32)CC1. The van der Waals surface area contributed by atoms with Crippen LogP contribution in [0.25, 0.3) is 11.0 Å². The molecule has 1 aliphatic heterocycles. The maximum absolute atomic E-state index is 12.9. The molecule has 1 saturated heterocycles. The molecule has 2 heterocycles. The third-order valence-corrected chi connectivity index (χ3v) is 4.83. The molecule has 0 N–H and O–H groups in total. The van der Waals surface area contributed by atoms with E-state index >= 15 is 0 Å². The number of para-hydroxylation sites is 2. The van der Waals surface area contributed by atoms with Gasteiger partial charge in [-0.25, -0.2) is 9.59 Å². The Kier molecular flexibility index (Phi) is 5.32. The van der Waals surface area contributed by atoms with Crippen molar-refractivity contribution in [2.45, 2.75) is 51.8 Å². The molecule has 1 aromatic carbocycles. The Morgan fingerprint density at radius 2 is 1.81 bits per heavy atom. The minimum Gasteiger partial charge on any atom is -0.444 e. The molecule has 0 bridgehead atoms. The summed E-state index contributed by atoms with van der Waals surface area (Å²) in [6.07, 6.45) is 1.18. The van der Waals surface area contributed by atoms with Crippen LogP contribution in [0, 0.1) is 0 Å². The minimum atomic E-state index is -0.500. The molecule has 0 atom stereocenters. The van der Waals surface area contributed by atoms with Gasteiger partial charge in [-0.1, -0.05) is 12.1 Å². The smallest absolute Gasteiger partial charge is 0.410 e. The number of ether oxygens (including phenoxy) is 1. The number of carbonyl (C=O) groups excluding carboxylic acids is 1. The molecule has 26 heavy (non-hydrogen) atoms. The van der Waals surface area contributed by atoms with Crippen molar-refractivity contribution in [3.05, 3.63) is 34.7 Å². The van der Waals surface area contributed by atoms with E-state index in [2.05, 4.69) is 0 Å². The highest BCUT2D eigenvalue weighted by Gasteiger charge is 2.29. The maximum atomic E-state index is 12.9. The molecule has 6 nitrogen and oxygen atoms in total. The number of halogens is 1. The molecule has 0 aliphatic carbocycles. The summed E-state index contributed by atoms with van der Waals surface area (Å²) in [7, 11) is 0. The number of fused-ring (bicyclic) bond motifs is 1. The van der Waals surface area contributed by atoms with Crippen molar-refractivity contribution in [3.63, 3.8) is 0 Å². The maximum Gasteiger partial charge on any atom is 0.410 e. The van der Waals surface area contributed by atoms with Crippen LogP contribution in [0.3, 0.4) is 0 Å². The summed E-state index contributed by atoms with van der Waals surface area (Å²) in [5, 5.41) is 0. The van der Waals surface area contributed by atoms with E-state index in [9.17, 15) is 9.59 Å². The summed E-state index contributed by atoms with van der Waals surface area (Å²) < 4.78 is 9.06. The topological polar surface area (TPSA) is 56.5 Å². The van der Waals surface area contributed by atoms with Gasteiger partial charge < -0.3 is 9.64 Å². The second-order valence-corrected chi connectivity index (χ2v) is 8.06. The van der Waals surface area contributed by atoms with E-state index in [1.54, 1.807) is 9.47 Å². The van der Waals surface area contributed by atoms with Crippen LogP contribution in [-0.2, 0) is 11.3 Å². The van der Waals surface area contributed by atoms with E-state index in [0.29, 0.717) is 25.5 Å². The lowest BCUT2D eigenvalue weighted by molar-refractivity contribution is 0.0188. The number of piperidine rings is 1. The molecule has 1 fully saturated rings. The van der Waals surface area contributed by atoms with E-state index in [4.69, 9.17) is 16.3 Å². The van der Waals surface area contributed by atoms with Crippen molar-refractivity contribution in [2.24, 2.45) is 0 Å². The highest BCUT2D eigenvalue weighted by Crippen LogP contribution is 2.26. The molecule has 7 heteroatoms. The van der Waals surface area contributed by atoms with Crippen LogP contribution in [0.1, 0.15) is 39.7 Å². The molecule has 1 amide bonds. The Morgan fingerprint density at radius 3 is 2.38 bits per heavy atom. The molecule has 3 rings (SSSR count). The fourth-order valence-corrected chi connectivity index (χ4v) is 3.69. The number of amides is 1. The first-order valence-electron chi connectivity index (χ1n) is 9.05. The number of aryl methyl sites for hydroxylation is 1. The van der Waals surface area contributed by atoms with Gasteiger partial charge in [0.15, 0.2) is 0 Å². The molecular weight excluding hydrogens is 354 g/mol. The number of alkyl halides is 1.